The largest absolute Gasteiger partial charge is 0.513 e. The number of carbonyl (C=O) groups excluding carboxylic acids is 1. The van der Waals surface area contributed by atoms with Crippen molar-refractivity contribution in [3.05, 3.63) is 41.7 Å². The van der Waals surface area contributed by atoms with Crippen molar-refractivity contribution in [3.63, 3.8) is 0 Å². The number of benzene rings is 1. The van der Waals surface area contributed by atoms with Gasteiger partial charge in [-0.2, -0.15) is 0 Å². The monoisotopic (exact) mass is 410 g/mol. The fourth-order valence-electron chi connectivity index (χ4n) is 4.29. The highest BCUT2D eigenvalue weighted by Crippen LogP contribution is 2.32. The standard InChI is InChI=1S/C25H34N2O3/c1-4-7-8-18(5-2)15-19-9-14-23-21(16-19)17-26-24(27-23)20-10-12-22(13-11-20)30-25(28)29-6-3/h10-13,17-19H,4-9,14-16H2,1-3H3. The van der Waals surface area contributed by atoms with Gasteiger partial charge in [0.2, 0.25) is 0 Å². The molecule has 5 nitrogen and oxygen atoms in total. The molecule has 1 aliphatic carbocycles. The van der Waals surface area contributed by atoms with Crippen LogP contribution in [0.25, 0.3) is 11.4 Å². The Balaban J connectivity index is 1.62. The van der Waals surface area contributed by atoms with Gasteiger partial charge in [0.25, 0.3) is 0 Å². The Hall–Kier alpha value is -2.43. The quantitative estimate of drug-likeness (QED) is 0.354. The van der Waals surface area contributed by atoms with E-state index in [2.05, 4.69) is 18.8 Å². The molecule has 30 heavy (non-hydrogen) atoms. The topological polar surface area (TPSA) is 61.3 Å². The highest BCUT2D eigenvalue weighted by atomic mass is 16.7. The van der Waals surface area contributed by atoms with E-state index >= 15 is 0 Å². The minimum atomic E-state index is -0.690. The fourth-order valence-corrected chi connectivity index (χ4v) is 4.29. The molecule has 0 saturated heterocycles. The summed E-state index contributed by atoms with van der Waals surface area (Å²) in [5.41, 5.74) is 3.41. The Morgan fingerprint density at radius 1 is 1.20 bits per heavy atom. The van der Waals surface area contributed by atoms with Gasteiger partial charge < -0.3 is 9.47 Å². The van der Waals surface area contributed by atoms with Crippen molar-refractivity contribution in [1.29, 1.82) is 0 Å². The summed E-state index contributed by atoms with van der Waals surface area (Å²) in [6.45, 7) is 6.64. The number of nitrogens with zero attached hydrogens (tertiary/aromatic N) is 2. The maximum atomic E-state index is 11.4. The first-order valence-electron chi connectivity index (χ1n) is 11.4. The molecule has 1 heterocycles. The summed E-state index contributed by atoms with van der Waals surface area (Å²) in [6.07, 6.45) is 11.3. The smallest absolute Gasteiger partial charge is 0.434 e. The predicted octanol–water partition coefficient (Wildman–Crippen LogP) is 6.39. The number of hydrogen-bond donors (Lipinski definition) is 0. The van der Waals surface area contributed by atoms with Crippen LogP contribution in [0.5, 0.6) is 5.75 Å². The maximum Gasteiger partial charge on any atom is 0.513 e. The van der Waals surface area contributed by atoms with Gasteiger partial charge in [0.1, 0.15) is 5.75 Å². The highest BCUT2D eigenvalue weighted by Gasteiger charge is 2.23. The third kappa shape index (κ3) is 6.04. The molecule has 1 aromatic carbocycles. The number of carbonyl (C=O) groups is 1. The third-order valence-electron chi connectivity index (χ3n) is 6.04. The Bertz CT molecular complexity index is 820. The molecule has 2 atom stereocenters. The molecular formula is C25H34N2O3. The van der Waals surface area contributed by atoms with Crippen LogP contribution < -0.4 is 4.74 Å². The van der Waals surface area contributed by atoms with Crippen LogP contribution in [0.4, 0.5) is 4.79 Å². The lowest BCUT2D eigenvalue weighted by Gasteiger charge is -2.27. The van der Waals surface area contributed by atoms with Gasteiger partial charge in [0, 0.05) is 17.5 Å². The third-order valence-corrected chi connectivity index (χ3v) is 6.04. The maximum absolute atomic E-state index is 11.4. The Labute approximate surface area is 180 Å². The van der Waals surface area contributed by atoms with Gasteiger partial charge in [0.05, 0.1) is 6.61 Å². The number of hydrogen-bond acceptors (Lipinski definition) is 5. The summed E-state index contributed by atoms with van der Waals surface area (Å²) in [6, 6.07) is 7.24. The summed E-state index contributed by atoms with van der Waals surface area (Å²) in [5, 5.41) is 0. The summed E-state index contributed by atoms with van der Waals surface area (Å²) in [7, 11) is 0. The van der Waals surface area contributed by atoms with Crippen molar-refractivity contribution in [3.8, 4) is 17.1 Å². The van der Waals surface area contributed by atoms with Crippen molar-refractivity contribution in [2.45, 2.75) is 72.1 Å². The average molecular weight is 411 g/mol. The predicted molar refractivity (Wildman–Crippen MR) is 119 cm³/mol. The van der Waals surface area contributed by atoms with E-state index in [4.69, 9.17) is 14.5 Å². The van der Waals surface area contributed by atoms with Crippen molar-refractivity contribution >= 4 is 6.16 Å². The zero-order chi connectivity index (χ0) is 21.3. The second-order valence-electron chi connectivity index (χ2n) is 8.24. The van der Waals surface area contributed by atoms with E-state index in [1.807, 2.05) is 18.3 Å². The first kappa shape index (κ1) is 22.3. The van der Waals surface area contributed by atoms with Crippen LogP contribution in [0.1, 0.15) is 70.6 Å². The molecule has 5 heteroatoms. The molecule has 0 amide bonds. The van der Waals surface area contributed by atoms with E-state index in [0.717, 1.165) is 36.1 Å². The number of ether oxygens (including phenoxy) is 2. The normalized spacial score (nSPS) is 16.6. The number of fused-ring (bicyclic) bond motifs is 1. The lowest BCUT2D eigenvalue weighted by molar-refractivity contribution is 0.104. The number of aryl methyl sites for hydroxylation is 1. The van der Waals surface area contributed by atoms with Crippen molar-refractivity contribution in [1.82, 2.24) is 9.97 Å². The fraction of sp³-hybridized carbons (Fsp3) is 0.560. The van der Waals surface area contributed by atoms with E-state index < -0.39 is 6.16 Å². The van der Waals surface area contributed by atoms with Gasteiger partial charge in [-0.3, -0.25) is 0 Å². The van der Waals surface area contributed by atoms with Crippen molar-refractivity contribution < 1.29 is 14.3 Å². The van der Waals surface area contributed by atoms with Crippen LogP contribution in [0, 0.1) is 11.8 Å². The van der Waals surface area contributed by atoms with Crippen LogP contribution >= 0.6 is 0 Å². The lowest BCUT2D eigenvalue weighted by Crippen LogP contribution is -2.19. The van der Waals surface area contributed by atoms with Crippen LogP contribution in [0.15, 0.2) is 30.5 Å². The summed E-state index contributed by atoms with van der Waals surface area (Å²) < 4.78 is 9.91. The molecule has 1 aliphatic rings. The minimum Gasteiger partial charge on any atom is -0.434 e. The van der Waals surface area contributed by atoms with E-state index in [-0.39, 0.29) is 0 Å². The van der Waals surface area contributed by atoms with Crippen LogP contribution in [0.3, 0.4) is 0 Å². The van der Waals surface area contributed by atoms with Gasteiger partial charge in [-0.1, -0.05) is 39.5 Å². The zero-order valence-electron chi connectivity index (χ0n) is 18.5. The molecular weight excluding hydrogens is 376 g/mol. The molecule has 162 valence electrons. The van der Waals surface area contributed by atoms with E-state index in [1.54, 1.807) is 19.1 Å². The van der Waals surface area contributed by atoms with Crippen LogP contribution in [0.2, 0.25) is 0 Å². The van der Waals surface area contributed by atoms with Crippen molar-refractivity contribution in [2.24, 2.45) is 11.8 Å². The molecule has 3 rings (SSSR count). The van der Waals surface area contributed by atoms with Gasteiger partial charge in [-0.15, -0.1) is 0 Å². The number of rotatable bonds is 9. The first-order valence-corrected chi connectivity index (χ1v) is 11.4. The Morgan fingerprint density at radius 3 is 2.70 bits per heavy atom. The second kappa shape index (κ2) is 11.1. The van der Waals surface area contributed by atoms with Crippen LogP contribution in [-0.4, -0.2) is 22.7 Å². The first-order chi connectivity index (χ1) is 14.6. The lowest BCUT2D eigenvalue weighted by atomic mass is 9.79. The van der Waals surface area contributed by atoms with E-state index in [9.17, 15) is 4.79 Å². The molecule has 0 fully saturated rings. The SMILES string of the molecule is CCCCC(CC)CC1CCc2nc(-c3ccc(OC(=O)OCC)cc3)ncc2C1. The van der Waals surface area contributed by atoms with Crippen LogP contribution in [-0.2, 0) is 17.6 Å². The Morgan fingerprint density at radius 2 is 2.00 bits per heavy atom. The molecule has 0 radical (unpaired) electrons. The summed E-state index contributed by atoms with van der Waals surface area (Å²) >= 11 is 0. The number of unbranched alkanes of at least 4 members (excludes halogenated alkanes) is 1. The van der Waals surface area contributed by atoms with Gasteiger partial charge in [0.15, 0.2) is 5.82 Å². The van der Waals surface area contributed by atoms with Gasteiger partial charge in [-0.25, -0.2) is 14.8 Å². The van der Waals surface area contributed by atoms with E-state index in [0.29, 0.717) is 12.4 Å². The highest BCUT2D eigenvalue weighted by molar-refractivity contribution is 5.65. The molecule has 0 aliphatic heterocycles. The zero-order valence-corrected chi connectivity index (χ0v) is 18.5. The molecule has 2 unspecified atom stereocenters. The van der Waals surface area contributed by atoms with Gasteiger partial charge in [-0.05, 0) is 74.3 Å². The molecule has 0 bridgehead atoms. The molecule has 2 aromatic rings. The summed E-state index contributed by atoms with van der Waals surface area (Å²) in [4.78, 5) is 20.9. The average Bonchev–Trinajstić information content (AvgIpc) is 2.77. The second-order valence-corrected chi connectivity index (χ2v) is 8.24. The van der Waals surface area contributed by atoms with Gasteiger partial charge >= 0.3 is 6.16 Å². The molecule has 0 saturated carbocycles. The molecule has 0 spiro atoms. The minimum absolute atomic E-state index is 0.290. The van der Waals surface area contributed by atoms with E-state index in [1.165, 1.54) is 49.8 Å². The molecule has 1 aromatic heterocycles. The molecule has 0 N–H and O–H groups in total. The van der Waals surface area contributed by atoms with Crippen molar-refractivity contribution in [2.75, 3.05) is 6.61 Å². The number of aromatic nitrogens is 2. The summed E-state index contributed by atoms with van der Waals surface area (Å²) in [5.74, 6) is 2.79. The Kier molecular flexibility index (Phi) is 8.23.